The van der Waals surface area contributed by atoms with Gasteiger partial charge in [0.1, 0.15) is 6.61 Å². The lowest BCUT2D eigenvalue weighted by Crippen LogP contribution is -2.38. The lowest BCUT2D eigenvalue weighted by Gasteiger charge is -2.32. The van der Waals surface area contributed by atoms with Crippen molar-refractivity contribution < 1.29 is 9.53 Å². The van der Waals surface area contributed by atoms with Crippen molar-refractivity contribution in [3.05, 3.63) is 0 Å². The highest BCUT2D eigenvalue weighted by Crippen LogP contribution is 2.33. The minimum atomic E-state index is -0.346. The minimum Gasteiger partial charge on any atom is -0.464 e. The summed E-state index contributed by atoms with van der Waals surface area (Å²) < 4.78 is 5.60. The molecule has 0 aromatic rings. The zero-order valence-corrected chi connectivity index (χ0v) is 15.4. The molecule has 0 aliphatic rings. The predicted octanol–water partition coefficient (Wildman–Crippen LogP) is 4.50. The van der Waals surface area contributed by atoms with Crippen molar-refractivity contribution in [3.8, 4) is 0 Å². The summed E-state index contributed by atoms with van der Waals surface area (Å²) in [5, 5.41) is 0. The molecule has 0 fully saturated rings. The average molecular weight is 299 g/mol. The van der Waals surface area contributed by atoms with E-state index < -0.39 is 0 Å². The van der Waals surface area contributed by atoms with E-state index in [4.69, 9.17) is 4.74 Å². The number of unbranched alkanes of at least 4 members (excludes halogenated alkanes) is 1. The topological polar surface area (TPSA) is 29.5 Å². The van der Waals surface area contributed by atoms with Crippen LogP contribution in [-0.2, 0) is 9.53 Å². The standard InChI is InChI=1S/C18H37NO2/c1-8-10-12-19(16(5)6)13-14-21-17(20)18(7,11-9-2)15(3)4/h15-16H,8-14H2,1-7H3. The largest absolute Gasteiger partial charge is 0.464 e. The average Bonchev–Trinajstić information content (AvgIpc) is 2.41. The van der Waals surface area contributed by atoms with Gasteiger partial charge >= 0.3 is 5.97 Å². The molecule has 3 nitrogen and oxygen atoms in total. The van der Waals surface area contributed by atoms with Gasteiger partial charge in [-0.25, -0.2) is 0 Å². The first-order chi connectivity index (χ1) is 9.79. The summed E-state index contributed by atoms with van der Waals surface area (Å²) in [4.78, 5) is 14.8. The fourth-order valence-corrected chi connectivity index (χ4v) is 2.56. The Morgan fingerprint density at radius 3 is 2.14 bits per heavy atom. The molecule has 0 aromatic heterocycles. The summed E-state index contributed by atoms with van der Waals surface area (Å²) in [5.41, 5.74) is -0.346. The molecule has 0 rings (SSSR count). The Hall–Kier alpha value is -0.570. The van der Waals surface area contributed by atoms with Crippen molar-refractivity contribution in [1.82, 2.24) is 4.90 Å². The molecule has 1 unspecified atom stereocenters. The predicted molar refractivity (Wildman–Crippen MR) is 90.4 cm³/mol. The molecule has 0 heterocycles. The van der Waals surface area contributed by atoms with Gasteiger partial charge < -0.3 is 4.74 Å². The van der Waals surface area contributed by atoms with E-state index in [1.165, 1.54) is 12.8 Å². The van der Waals surface area contributed by atoms with Crippen LogP contribution in [0.4, 0.5) is 0 Å². The summed E-state index contributed by atoms with van der Waals surface area (Å²) >= 11 is 0. The second-order valence-electron chi connectivity index (χ2n) is 6.94. The van der Waals surface area contributed by atoms with Crippen molar-refractivity contribution >= 4 is 5.97 Å². The van der Waals surface area contributed by atoms with E-state index in [2.05, 4.69) is 46.4 Å². The maximum absolute atomic E-state index is 12.4. The van der Waals surface area contributed by atoms with Gasteiger partial charge in [-0.2, -0.15) is 0 Å². The van der Waals surface area contributed by atoms with Crippen LogP contribution < -0.4 is 0 Å². The maximum Gasteiger partial charge on any atom is 0.312 e. The summed E-state index contributed by atoms with van der Waals surface area (Å²) in [5.74, 6) is 0.282. The van der Waals surface area contributed by atoms with Crippen LogP contribution in [0.2, 0.25) is 0 Å². The molecule has 0 saturated heterocycles. The molecule has 0 radical (unpaired) electrons. The molecule has 0 bridgehead atoms. The molecule has 1 atom stereocenters. The molecule has 21 heavy (non-hydrogen) atoms. The summed E-state index contributed by atoms with van der Waals surface area (Å²) in [6.45, 7) is 17.4. The minimum absolute atomic E-state index is 0.0291. The third-order valence-corrected chi connectivity index (χ3v) is 4.65. The first-order valence-corrected chi connectivity index (χ1v) is 8.70. The Morgan fingerprint density at radius 2 is 1.71 bits per heavy atom. The number of carbonyl (C=O) groups excluding carboxylic acids is 1. The first kappa shape index (κ1) is 20.4. The van der Waals surface area contributed by atoms with Crippen LogP contribution in [0.25, 0.3) is 0 Å². The van der Waals surface area contributed by atoms with E-state index in [-0.39, 0.29) is 11.4 Å². The van der Waals surface area contributed by atoms with Gasteiger partial charge in [-0.15, -0.1) is 0 Å². The van der Waals surface area contributed by atoms with Crippen molar-refractivity contribution in [3.63, 3.8) is 0 Å². The SMILES string of the molecule is CCCCN(CCOC(=O)C(C)(CCC)C(C)C)C(C)C. The van der Waals surface area contributed by atoms with E-state index in [0.717, 1.165) is 25.9 Å². The van der Waals surface area contributed by atoms with Gasteiger partial charge in [-0.3, -0.25) is 9.69 Å². The van der Waals surface area contributed by atoms with E-state index in [9.17, 15) is 4.79 Å². The molecule has 0 N–H and O–H groups in total. The monoisotopic (exact) mass is 299 g/mol. The van der Waals surface area contributed by atoms with Crippen LogP contribution in [0.3, 0.4) is 0 Å². The Bertz CT molecular complexity index is 289. The highest BCUT2D eigenvalue weighted by Gasteiger charge is 2.37. The molecule has 0 aromatic carbocycles. The number of ether oxygens (including phenoxy) is 1. The van der Waals surface area contributed by atoms with E-state index in [0.29, 0.717) is 18.6 Å². The van der Waals surface area contributed by atoms with Crippen molar-refractivity contribution in [2.45, 2.75) is 80.2 Å². The molecule has 0 aliphatic carbocycles. The third-order valence-electron chi connectivity index (χ3n) is 4.65. The van der Waals surface area contributed by atoms with Gasteiger partial charge in [-0.1, -0.05) is 40.5 Å². The Balaban J connectivity index is 4.38. The second kappa shape index (κ2) is 10.2. The van der Waals surface area contributed by atoms with Crippen LogP contribution in [0.5, 0.6) is 0 Å². The van der Waals surface area contributed by atoms with Crippen LogP contribution in [0.15, 0.2) is 0 Å². The number of esters is 1. The summed E-state index contributed by atoms with van der Waals surface area (Å²) in [6, 6.07) is 0.502. The van der Waals surface area contributed by atoms with Crippen LogP contribution in [0, 0.1) is 11.3 Å². The van der Waals surface area contributed by atoms with Crippen LogP contribution in [0.1, 0.15) is 74.1 Å². The van der Waals surface area contributed by atoms with E-state index in [1.807, 2.05) is 6.92 Å². The zero-order chi connectivity index (χ0) is 16.5. The molecule has 0 amide bonds. The van der Waals surface area contributed by atoms with Gasteiger partial charge in [0.15, 0.2) is 0 Å². The number of hydrogen-bond acceptors (Lipinski definition) is 3. The highest BCUT2D eigenvalue weighted by atomic mass is 16.5. The molecule has 126 valence electrons. The maximum atomic E-state index is 12.4. The number of carbonyl (C=O) groups is 1. The van der Waals surface area contributed by atoms with Crippen molar-refractivity contribution in [1.29, 1.82) is 0 Å². The summed E-state index contributed by atoms with van der Waals surface area (Å²) in [7, 11) is 0. The van der Waals surface area contributed by atoms with Gasteiger partial charge in [0.2, 0.25) is 0 Å². The van der Waals surface area contributed by atoms with E-state index in [1.54, 1.807) is 0 Å². The Labute approximate surface area is 132 Å². The second-order valence-corrected chi connectivity index (χ2v) is 6.94. The van der Waals surface area contributed by atoms with Crippen LogP contribution in [-0.4, -0.2) is 36.6 Å². The van der Waals surface area contributed by atoms with Crippen LogP contribution >= 0.6 is 0 Å². The number of rotatable bonds is 11. The Morgan fingerprint density at radius 1 is 1.10 bits per heavy atom. The van der Waals surface area contributed by atoms with E-state index >= 15 is 0 Å². The quantitative estimate of drug-likeness (QED) is 0.526. The lowest BCUT2D eigenvalue weighted by molar-refractivity contribution is -0.158. The number of hydrogen-bond donors (Lipinski definition) is 0. The van der Waals surface area contributed by atoms with Gasteiger partial charge in [0.25, 0.3) is 0 Å². The van der Waals surface area contributed by atoms with Gasteiger partial charge in [0.05, 0.1) is 5.41 Å². The smallest absolute Gasteiger partial charge is 0.312 e. The van der Waals surface area contributed by atoms with Crippen molar-refractivity contribution in [2.24, 2.45) is 11.3 Å². The number of nitrogens with zero attached hydrogens (tertiary/aromatic N) is 1. The fourth-order valence-electron chi connectivity index (χ4n) is 2.56. The Kier molecular flexibility index (Phi) is 9.93. The fraction of sp³-hybridized carbons (Fsp3) is 0.944. The normalized spacial score (nSPS) is 14.8. The highest BCUT2D eigenvalue weighted by molar-refractivity contribution is 5.76. The zero-order valence-electron chi connectivity index (χ0n) is 15.4. The summed E-state index contributed by atoms with van der Waals surface area (Å²) in [6.07, 6.45) is 4.31. The third kappa shape index (κ3) is 6.82. The van der Waals surface area contributed by atoms with Gasteiger partial charge in [-0.05, 0) is 46.1 Å². The molecule has 0 spiro atoms. The molecule has 0 aliphatic heterocycles. The molecule has 3 heteroatoms. The molecule has 0 saturated carbocycles. The van der Waals surface area contributed by atoms with Gasteiger partial charge in [0, 0.05) is 12.6 Å². The lowest BCUT2D eigenvalue weighted by atomic mass is 9.75. The first-order valence-electron chi connectivity index (χ1n) is 8.70. The molecular weight excluding hydrogens is 262 g/mol. The molecular formula is C18H37NO2. The van der Waals surface area contributed by atoms with Crippen molar-refractivity contribution in [2.75, 3.05) is 19.7 Å².